The molecule has 2 nitrogen and oxygen atoms in total. The third-order valence-electron chi connectivity index (χ3n) is 1.92. The Kier molecular flexibility index (Phi) is 7.96. The van der Waals surface area contributed by atoms with Crippen LogP contribution in [-0.2, 0) is 0 Å². The molecule has 0 saturated carbocycles. The summed E-state index contributed by atoms with van der Waals surface area (Å²) >= 11 is 0. The standard InChI is InChI=1S/C9H20O2/c1-2-9(11)7-5-3-4-6-8-10/h9-11H,2-8H2,1H3. The minimum atomic E-state index is -0.107. The SMILES string of the molecule is CCC(O)CCCCCCO. The van der Waals surface area contributed by atoms with Crippen LogP contribution in [0, 0.1) is 0 Å². The van der Waals surface area contributed by atoms with Gasteiger partial charge in [0.1, 0.15) is 0 Å². The number of hydrogen-bond donors (Lipinski definition) is 2. The molecule has 0 aliphatic heterocycles. The third-order valence-corrected chi connectivity index (χ3v) is 1.92. The van der Waals surface area contributed by atoms with Gasteiger partial charge in [0.05, 0.1) is 6.10 Å². The van der Waals surface area contributed by atoms with Gasteiger partial charge in [-0.05, 0) is 19.3 Å². The number of hydrogen-bond acceptors (Lipinski definition) is 2. The first-order valence-electron chi connectivity index (χ1n) is 4.60. The van der Waals surface area contributed by atoms with Gasteiger partial charge < -0.3 is 10.2 Å². The Hall–Kier alpha value is -0.0800. The van der Waals surface area contributed by atoms with Gasteiger partial charge in [0.15, 0.2) is 0 Å². The second kappa shape index (κ2) is 8.02. The molecule has 0 amide bonds. The highest BCUT2D eigenvalue weighted by molar-refractivity contribution is 4.52. The predicted molar refractivity (Wildman–Crippen MR) is 46.5 cm³/mol. The van der Waals surface area contributed by atoms with E-state index in [1.54, 1.807) is 0 Å². The Morgan fingerprint density at radius 3 is 2.27 bits per heavy atom. The van der Waals surface area contributed by atoms with Gasteiger partial charge in [-0.15, -0.1) is 0 Å². The Bertz CT molecular complexity index is 74.0. The third kappa shape index (κ3) is 7.82. The Morgan fingerprint density at radius 2 is 1.73 bits per heavy atom. The van der Waals surface area contributed by atoms with Crippen molar-refractivity contribution in [3.05, 3.63) is 0 Å². The van der Waals surface area contributed by atoms with E-state index in [1.807, 2.05) is 6.92 Å². The summed E-state index contributed by atoms with van der Waals surface area (Å²) in [5, 5.41) is 17.6. The van der Waals surface area contributed by atoms with Crippen LogP contribution >= 0.6 is 0 Å². The molecule has 0 rings (SSSR count). The fourth-order valence-corrected chi connectivity index (χ4v) is 1.05. The highest BCUT2D eigenvalue weighted by Gasteiger charge is 1.98. The van der Waals surface area contributed by atoms with E-state index in [0.717, 1.165) is 38.5 Å². The molecule has 0 aliphatic carbocycles. The molecule has 0 heterocycles. The van der Waals surface area contributed by atoms with Crippen LogP contribution in [0.25, 0.3) is 0 Å². The molecule has 2 N–H and O–H groups in total. The van der Waals surface area contributed by atoms with E-state index in [1.165, 1.54) is 0 Å². The number of rotatable bonds is 7. The van der Waals surface area contributed by atoms with Gasteiger partial charge in [-0.2, -0.15) is 0 Å². The van der Waals surface area contributed by atoms with Gasteiger partial charge >= 0.3 is 0 Å². The van der Waals surface area contributed by atoms with Crippen LogP contribution in [0.5, 0.6) is 0 Å². The lowest BCUT2D eigenvalue weighted by Gasteiger charge is -2.05. The van der Waals surface area contributed by atoms with Crippen molar-refractivity contribution in [2.45, 2.75) is 51.6 Å². The molecule has 0 aromatic rings. The summed E-state index contributed by atoms with van der Waals surface area (Å²) in [5.41, 5.74) is 0. The molecule has 68 valence electrons. The summed E-state index contributed by atoms with van der Waals surface area (Å²) in [7, 11) is 0. The molecule has 0 aromatic carbocycles. The molecule has 0 fully saturated rings. The molecule has 0 aromatic heterocycles. The maximum absolute atomic E-state index is 9.17. The van der Waals surface area contributed by atoms with Crippen LogP contribution in [0.2, 0.25) is 0 Å². The summed E-state index contributed by atoms with van der Waals surface area (Å²) in [4.78, 5) is 0. The van der Waals surface area contributed by atoms with Crippen molar-refractivity contribution in [2.75, 3.05) is 6.61 Å². The predicted octanol–water partition coefficient (Wildman–Crippen LogP) is 1.70. The zero-order valence-electron chi connectivity index (χ0n) is 7.42. The quantitative estimate of drug-likeness (QED) is 0.556. The summed E-state index contributed by atoms with van der Waals surface area (Å²) in [5.74, 6) is 0. The molecule has 2 heteroatoms. The molecule has 11 heavy (non-hydrogen) atoms. The van der Waals surface area contributed by atoms with E-state index in [4.69, 9.17) is 10.2 Å². The minimum absolute atomic E-state index is 0.107. The molecule has 1 unspecified atom stereocenters. The fourth-order valence-electron chi connectivity index (χ4n) is 1.05. The zero-order valence-corrected chi connectivity index (χ0v) is 7.42. The van der Waals surface area contributed by atoms with Crippen molar-refractivity contribution in [1.29, 1.82) is 0 Å². The van der Waals surface area contributed by atoms with Gasteiger partial charge in [0.2, 0.25) is 0 Å². The normalized spacial score (nSPS) is 13.4. The smallest absolute Gasteiger partial charge is 0.0537 e. The molecule has 0 radical (unpaired) electrons. The van der Waals surface area contributed by atoms with Crippen molar-refractivity contribution in [1.82, 2.24) is 0 Å². The first kappa shape index (κ1) is 10.9. The van der Waals surface area contributed by atoms with E-state index in [0.29, 0.717) is 6.61 Å². The van der Waals surface area contributed by atoms with E-state index >= 15 is 0 Å². The van der Waals surface area contributed by atoms with Crippen molar-refractivity contribution in [3.8, 4) is 0 Å². The summed E-state index contributed by atoms with van der Waals surface area (Å²) in [6.07, 6.45) is 5.90. The van der Waals surface area contributed by atoms with Gasteiger partial charge in [0, 0.05) is 6.61 Å². The van der Waals surface area contributed by atoms with Gasteiger partial charge in [-0.25, -0.2) is 0 Å². The van der Waals surface area contributed by atoms with Crippen LogP contribution in [0.3, 0.4) is 0 Å². The Morgan fingerprint density at radius 1 is 1.09 bits per heavy atom. The van der Waals surface area contributed by atoms with Crippen LogP contribution in [0.1, 0.15) is 45.4 Å². The van der Waals surface area contributed by atoms with E-state index in [2.05, 4.69) is 0 Å². The Labute approximate surface area is 69.2 Å². The zero-order chi connectivity index (χ0) is 8.53. The number of aliphatic hydroxyl groups excluding tert-OH is 2. The van der Waals surface area contributed by atoms with Crippen molar-refractivity contribution < 1.29 is 10.2 Å². The van der Waals surface area contributed by atoms with E-state index in [9.17, 15) is 0 Å². The Balaban J connectivity index is 2.89. The number of aliphatic hydroxyl groups is 2. The molecule has 0 spiro atoms. The van der Waals surface area contributed by atoms with Crippen molar-refractivity contribution in [3.63, 3.8) is 0 Å². The summed E-state index contributed by atoms with van der Waals surface area (Å²) in [6.45, 7) is 2.30. The van der Waals surface area contributed by atoms with Gasteiger partial charge in [-0.3, -0.25) is 0 Å². The molecular formula is C9H20O2. The lowest BCUT2D eigenvalue weighted by molar-refractivity contribution is 0.156. The summed E-state index contributed by atoms with van der Waals surface area (Å²) in [6, 6.07) is 0. The minimum Gasteiger partial charge on any atom is -0.396 e. The maximum atomic E-state index is 9.17. The van der Waals surface area contributed by atoms with E-state index in [-0.39, 0.29) is 6.10 Å². The summed E-state index contributed by atoms with van der Waals surface area (Å²) < 4.78 is 0. The highest BCUT2D eigenvalue weighted by Crippen LogP contribution is 2.06. The second-order valence-corrected chi connectivity index (χ2v) is 2.99. The molecule has 0 saturated heterocycles. The average Bonchev–Trinajstić information content (AvgIpc) is 2.04. The topological polar surface area (TPSA) is 40.5 Å². The molecular weight excluding hydrogens is 140 g/mol. The fraction of sp³-hybridized carbons (Fsp3) is 1.00. The van der Waals surface area contributed by atoms with Crippen LogP contribution in [0.4, 0.5) is 0 Å². The largest absolute Gasteiger partial charge is 0.396 e. The van der Waals surface area contributed by atoms with Crippen LogP contribution < -0.4 is 0 Å². The lowest BCUT2D eigenvalue weighted by Crippen LogP contribution is -2.03. The van der Waals surface area contributed by atoms with Crippen LogP contribution in [0.15, 0.2) is 0 Å². The first-order chi connectivity index (χ1) is 5.31. The van der Waals surface area contributed by atoms with Crippen LogP contribution in [-0.4, -0.2) is 22.9 Å². The van der Waals surface area contributed by atoms with Gasteiger partial charge in [0.25, 0.3) is 0 Å². The molecule has 1 atom stereocenters. The van der Waals surface area contributed by atoms with Crippen molar-refractivity contribution in [2.24, 2.45) is 0 Å². The maximum Gasteiger partial charge on any atom is 0.0537 e. The average molecular weight is 160 g/mol. The number of unbranched alkanes of at least 4 members (excludes halogenated alkanes) is 3. The highest BCUT2D eigenvalue weighted by atomic mass is 16.3. The molecule has 0 aliphatic rings. The molecule has 0 bridgehead atoms. The first-order valence-corrected chi connectivity index (χ1v) is 4.60. The van der Waals surface area contributed by atoms with Crippen molar-refractivity contribution >= 4 is 0 Å². The van der Waals surface area contributed by atoms with Gasteiger partial charge in [-0.1, -0.05) is 26.2 Å². The lowest BCUT2D eigenvalue weighted by atomic mass is 10.1. The monoisotopic (exact) mass is 160 g/mol. The second-order valence-electron chi connectivity index (χ2n) is 2.99. The van der Waals surface area contributed by atoms with E-state index < -0.39 is 0 Å².